The van der Waals surface area contributed by atoms with E-state index in [-0.39, 0.29) is 10.6 Å². The van der Waals surface area contributed by atoms with Crippen molar-refractivity contribution in [2.75, 3.05) is 0 Å². The van der Waals surface area contributed by atoms with Crippen molar-refractivity contribution in [3.05, 3.63) is 29.6 Å². The molecule has 0 aromatic carbocycles. The Bertz CT molecular complexity index is 1070. The van der Waals surface area contributed by atoms with Crippen LogP contribution in [0.1, 0.15) is 58.7 Å². The van der Waals surface area contributed by atoms with Gasteiger partial charge >= 0.3 is 0 Å². The summed E-state index contributed by atoms with van der Waals surface area (Å²) >= 11 is 6.15. The molecule has 11 heteroatoms. The monoisotopic (exact) mass is 420 g/mol. The zero-order valence-electron chi connectivity index (χ0n) is 16.7. The lowest BCUT2D eigenvalue weighted by atomic mass is 9.97. The minimum atomic E-state index is -0.786. The molecule has 0 aliphatic carbocycles. The molecule has 2 fully saturated rings. The third-order valence-electron chi connectivity index (χ3n) is 4.94. The Kier molecular flexibility index (Phi) is 4.02. The molecule has 0 spiro atoms. The van der Waals surface area contributed by atoms with Crippen LogP contribution in [0, 0.1) is 0 Å². The number of rotatable bonds is 2. The van der Waals surface area contributed by atoms with Gasteiger partial charge in [-0.1, -0.05) is 32.4 Å². The molecule has 154 valence electrons. The summed E-state index contributed by atoms with van der Waals surface area (Å²) in [6, 6.07) is 0. The van der Waals surface area contributed by atoms with Gasteiger partial charge in [0.15, 0.2) is 28.9 Å². The molecule has 29 heavy (non-hydrogen) atoms. The molecular formula is C18H21ClN6O4. The lowest BCUT2D eigenvalue weighted by Gasteiger charge is -2.23. The number of hydrogen-bond acceptors (Lipinski definition) is 9. The maximum absolute atomic E-state index is 6.30. The summed E-state index contributed by atoms with van der Waals surface area (Å²) in [6.07, 6.45) is 0.983. The Morgan fingerprint density at radius 2 is 1.83 bits per heavy atom. The van der Waals surface area contributed by atoms with Crippen LogP contribution in [-0.2, 0) is 19.6 Å². The van der Waals surface area contributed by atoms with Crippen LogP contribution in [0.2, 0.25) is 5.15 Å². The van der Waals surface area contributed by atoms with E-state index in [4.69, 9.17) is 30.2 Å². The first-order valence-electron chi connectivity index (χ1n) is 9.32. The quantitative estimate of drug-likeness (QED) is 0.577. The molecule has 4 atom stereocenters. The smallest absolute Gasteiger partial charge is 0.248 e. The highest BCUT2D eigenvalue weighted by molar-refractivity contribution is 6.33. The average molecular weight is 421 g/mol. The minimum Gasteiger partial charge on any atom is -0.422 e. The number of aromatic nitrogens is 6. The highest BCUT2D eigenvalue weighted by Crippen LogP contribution is 2.49. The molecule has 0 radical (unpaired) electrons. The van der Waals surface area contributed by atoms with Crippen molar-refractivity contribution in [2.24, 2.45) is 0 Å². The zero-order chi connectivity index (χ0) is 20.6. The largest absolute Gasteiger partial charge is 0.422 e. The van der Waals surface area contributed by atoms with E-state index in [0.717, 1.165) is 0 Å². The summed E-state index contributed by atoms with van der Waals surface area (Å²) in [6.45, 7) is 9.73. The SMILES string of the molecule is CC1(C)O[C@@H]2[C@@H](c3nnc(C(C)(C)C)o3)OC(n3cnc4c(Cl)ncnc43)[C@@H]2O1. The van der Waals surface area contributed by atoms with Crippen LogP contribution >= 0.6 is 11.6 Å². The highest BCUT2D eigenvalue weighted by Gasteiger charge is 2.58. The summed E-state index contributed by atoms with van der Waals surface area (Å²) in [5, 5.41) is 8.67. The fraction of sp³-hybridized carbons (Fsp3) is 0.611. The number of imidazole rings is 1. The Balaban J connectivity index is 1.55. The van der Waals surface area contributed by atoms with Crippen molar-refractivity contribution < 1.29 is 18.6 Å². The van der Waals surface area contributed by atoms with E-state index in [0.29, 0.717) is 22.9 Å². The van der Waals surface area contributed by atoms with Crippen LogP contribution in [0.25, 0.3) is 11.2 Å². The summed E-state index contributed by atoms with van der Waals surface area (Å²) in [7, 11) is 0. The van der Waals surface area contributed by atoms with E-state index >= 15 is 0 Å². The van der Waals surface area contributed by atoms with Crippen LogP contribution in [0.4, 0.5) is 0 Å². The topological polar surface area (TPSA) is 110 Å². The van der Waals surface area contributed by atoms with Gasteiger partial charge in [0.1, 0.15) is 24.1 Å². The molecule has 10 nitrogen and oxygen atoms in total. The molecule has 2 aliphatic heterocycles. The van der Waals surface area contributed by atoms with E-state index in [1.165, 1.54) is 6.33 Å². The van der Waals surface area contributed by atoms with Gasteiger partial charge in [0.2, 0.25) is 11.8 Å². The van der Waals surface area contributed by atoms with Crippen LogP contribution in [0.3, 0.4) is 0 Å². The molecule has 5 rings (SSSR count). The molecule has 0 amide bonds. The van der Waals surface area contributed by atoms with E-state index < -0.39 is 30.3 Å². The summed E-state index contributed by atoms with van der Waals surface area (Å²) < 4.78 is 26.3. The maximum Gasteiger partial charge on any atom is 0.248 e. The summed E-state index contributed by atoms with van der Waals surface area (Å²) in [5.41, 5.74) is 0.760. The molecule has 2 saturated heterocycles. The van der Waals surface area contributed by atoms with Crippen LogP contribution in [0.15, 0.2) is 17.1 Å². The van der Waals surface area contributed by atoms with Gasteiger partial charge in [-0.2, -0.15) is 0 Å². The van der Waals surface area contributed by atoms with Gasteiger partial charge in [0.25, 0.3) is 0 Å². The molecule has 0 saturated carbocycles. The number of halogens is 1. The standard InChI is InChI=1S/C18H21ClN6O4/c1-17(2,3)16-24-23-14(27-16)10-9-11(29-18(4,5)28-9)15(26-10)25-7-22-8-12(19)20-6-21-13(8)25/h6-7,9-11,15H,1-5H3/t9-,10+,11-,15?/m1/s1. The molecule has 0 bridgehead atoms. The fourth-order valence-electron chi connectivity index (χ4n) is 3.66. The van der Waals surface area contributed by atoms with Gasteiger partial charge in [-0.25, -0.2) is 15.0 Å². The Labute approximate surface area is 171 Å². The average Bonchev–Trinajstić information content (AvgIpc) is 3.36. The van der Waals surface area contributed by atoms with E-state index in [1.807, 2.05) is 34.6 Å². The van der Waals surface area contributed by atoms with Crippen molar-refractivity contribution in [3.63, 3.8) is 0 Å². The predicted octanol–water partition coefficient (Wildman–Crippen LogP) is 2.95. The van der Waals surface area contributed by atoms with Crippen molar-refractivity contribution in [1.82, 2.24) is 29.7 Å². The Morgan fingerprint density at radius 3 is 2.55 bits per heavy atom. The van der Waals surface area contributed by atoms with Crippen LogP contribution in [0.5, 0.6) is 0 Å². The van der Waals surface area contributed by atoms with Gasteiger partial charge < -0.3 is 18.6 Å². The van der Waals surface area contributed by atoms with Crippen LogP contribution in [-0.4, -0.2) is 47.7 Å². The predicted molar refractivity (Wildman–Crippen MR) is 100 cm³/mol. The Hall–Kier alpha value is -2.14. The summed E-state index contributed by atoms with van der Waals surface area (Å²) in [4.78, 5) is 12.6. The van der Waals surface area contributed by atoms with Gasteiger partial charge in [0.05, 0.1) is 6.33 Å². The van der Waals surface area contributed by atoms with Crippen molar-refractivity contribution in [1.29, 1.82) is 0 Å². The second-order valence-electron chi connectivity index (χ2n) is 8.70. The molecule has 5 heterocycles. The molecule has 2 aliphatic rings. The number of hydrogen-bond donors (Lipinski definition) is 0. The molecular weight excluding hydrogens is 400 g/mol. The zero-order valence-corrected chi connectivity index (χ0v) is 17.4. The second kappa shape index (κ2) is 6.18. The third kappa shape index (κ3) is 3.02. The van der Waals surface area contributed by atoms with E-state index in [1.54, 1.807) is 10.9 Å². The first-order chi connectivity index (χ1) is 13.6. The third-order valence-corrected chi connectivity index (χ3v) is 5.22. The molecule has 0 N–H and O–H groups in total. The first-order valence-corrected chi connectivity index (χ1v) is 9.70. The molecule has 3 aromatic rings. The lowest BCUT2D eigenvalue weighted by molar-refractivity contribution is -0.199. The molecule has 1 unspecified atom stereocenters. The Morgan fingerprint density at radius 1 is 1.07 bits per heavy atom. The van der Waals surface area contributed by atoms with Gasteiger partial charge in [-0.05, 0) is 13.8 Å². The van der Waals surface area contributed by atoms with Gasteiger partial charge in [-0.3, -0.25) is 4.57 Å². The van der Waals surface area contributed by atoms with E-state index in [2.05, 4.69) is 25.1 Å². The normalized spacial score (nSPS) is 28.9. The van der Waals surface area contributed by atoms with E-state index in [9.17, 15) is 0 Å². The van der Waals surface area contributed by atoms with Crippen molar-refractivity contribution >= 4 is 22.8 Å². The molecule has 3 aromatic heterocycles. The number of nitrogens with zero attached hydrogens (tertiary/aromatic N) is 6. The first kappa shape index (κ1) is 18.9. The van der Waals surface area contributed by atoms with Crippen molar-refractivity contribution in [3.8, 4) is 0 Å². The second-order valence-corrected chi connectivity index (χ2v) is 9.05. The van der Waals surface area contributed by atoms with Crippen molar-refractivity contribution in [2.45, 2.75) is 70.4 Å². The maximum atomic E-state index is 6.30. The van der Waals surface area contributed by atoms with Gasteiger partial charge in [-0.15, -0.1) is 10.2 Å². The fourth-order valence-corrected chi connectivity index (χ4v) is 3.84. The highest BCUT2D eigenvalue weighted by atomic mass is 35.5. The van der Waals surface area contributed by atoms with Gasteiger partial charge in [0, 0.05) is 5.41 Å². The minimum absolute atomic E-state index is 0.274. The number of ether oxygens (including phenoxy) is 3. The summed E-state index contributed by atoms with van der Waals surface area (Å²) in [5.74, 6) is 0.0959. The van der Waals surface area contributed by atoms with Crippen LogP contribution < -0.4 is 0 Å². The number of fused-ring (bicyclic) bond motifs is 2. The lowest BCUT2D eigenvalue weighted by Crippen LogP contribution is -2.27.